The van der Waals surface area contributed by atoms with E-state index in [1.165, 1.54) is 18.2 Å². The van der Waals surface area contributed by atoms with Crippen molar-refractivity contribution in [1.29, 1.82) is 0 Å². The van der Waals surface area contributed by atoms with Gasteiger partial charge in [0, 0.05) is 18.6 Å². The van der Waals surface area contributed by atoms with Gasteiger partial charge in [0.25, 0.3) is 0 Å². The van der Waals surface area contributed by atoms with E-state index < -0.39 is 15.8 Å². The van der Waals surface area contributed by atoms with Crippen molar-refractivity contribution in [2.45, 2.75) is 37.2 Å². The molecule has 0 amide bonds. The summed E-state index contributed by atoms with van der Waals surface area (Å²) in [5, 5.41) is 3.26. The largest absolute Gasteiger partial charge is 0.315 e. The summed E-state index contributed by atoms with van der Waals surface area (Å²) in [5.41, 5.74) is 0.464. The zero-order valence-electron chi connectivity index (χ0n) is 11.6. The maximum Gasteiger partial charge on any atom is 0.243 e. The molecule has 2 saturated heterocycles. The fourth-order valence-electron chi connectivity index (χ4n) is 3.56. The topological polar surface area (TPSA) is 49.4 Å². The number of halogens is 1. The summed E-state index contributed by atoms with van der Waals surface area (Å²) in [4.78, 5) is 0.221. The van der Waals surface area contributed by atoms with E-state index in [4.69, 9.17) is 0 Å². The van der Waals surface area contributed by atoms with Crippen LogP contribution >= 0.6 is 0 Å². The normalized spacial score (nSPS) is 30.6. The van der Waals surface area contributed by atoms with Crippen LogP contribution in [0, 0.1) is 18.7 Å². The molecular weight excluding hydrogens is 279 g/mol. The van der Waals surface area contributed by atoms with Crippen molar-refractivity contribution >= 4 is 10.0 Å². The van der Waals surface area contributed by atoms with E-state index in [1.807, 2.05) is 6.92 Å². The van der Waals surface area contributed by atoms with Crippen molar-refractivity contribution in [2.75, 3.05) is 13.1 Å². The summed E-state index contributed by atoms with van der Waals surface area (Å²) < 4.78 is 40.6. The average molecular weight is 298 g/mol. The van der Waals surface area contributed by atoms with Gasteiger partial charge in [-0.2, -0.15) is 4.31 Å². The van der Waals surface area contributed by atoms with Crippen LogP contribution in [-0.4, -0.2) is 37.9 Å². The van der Waals surface area contributed by atoms with Crippen LogP contribution in [0.5, 0.6) is 0 Å². The van der Waals surface area contributed by atoms with Crippen LogP contribution in [0.1, 0.15) is 18.9 Å². The fraction of sp³-hybridized carbons (Fsp3) is 0.571. The van der Waals surface area contributed by atoms with Crippen molar-refractivity contribution in [3.8, 4) is 0 Å². The quantitative estimate of drug-likeness (QED) is 0.900. The highest BCUT2D eigenvalue weighted by Gasteiger charge is 2.48. The minimum Gasteiger partial charge on any atom is -0.315 e. The first-order valence-corrected chi connectivity index (χ1v) is 8.35. The smallest absolute Gasteiger partial charge is 0.243 e. The highest BCUT2D eigenvalue weighted by Crippen LogP contribution is 2.37. The molecule has 1 aromatic rings. The van der Waals surface area contributed by atoms with Crippen LogP contribution < -0.4 is 5.32 Å². The van der Waals surface area contributed by atoms with Crippen molar-refractivity contribution in [1.82, 2.24) is 9.62 Å². The van der Waals surface area contributed by atoms with Gasteiger partial charge in [-0.25, -0.2) is 12.8 Å². The van der Waals surface area contributed by atoms with Crippen LogP contribution in [0.15, 0.2) is 23.1 Å². The van der Waals surface area contributed by atoms with E-state index in [0.717, 1.165) is 13.0 Å². The third kappa shape index (κ3) is 2.06. The van der Waals surface area contributed by atoms with Gasteiger partial charge in [0.2, 0.25) is 10.0 Å². The molecule has 0 saturated carbocycles. The summed E-state index contributed by atoms with van der Waals surface area (Å²) in [6.45, 7) is 5.17. The number of sulfonamides is 1. The molecule has 2 fully saturated rings. The number of hydrogen-bond donors (Lipinski definition) is 1. The lowest BCUT2D eigenvalue weighted by molar-refractivity contribution is 0.335. The third-order valence-electron chi connectivity index (χ3n) is 4.40. The van der Waals surface area contributed by atoms with Crippen LogP contribution in [0.2, 0.25) is 0 Å². The predicted molar refractivity (Wildman–Crippen MR) is 74.4 cm³/mol. The van der Waals surface area contributed by atoms with Crippen molar-refractivity contribution in [3.63, 3.8) is 0 Å². The second-order valence-electron chi connectivity index (χ2n) is 5.82. The Morgan fingerprint density at radius 1 is 1.35 bits per heavy atom. The van der Waals surface area contributed by atoms with Gasteiger partial charge in [-0.1, -0.05) is 0 Å². The van der Waals surface area contributed by atoms with Crippen LogP contribution in [-0.2, 0) is 10.0 Å². The second-order valence-corrected chi connectivity index (χ2v) is 7.63. The molecule has 110 valence electrons. The molecular formula is C14H19FN2O2S. The Labute approximate surface area is 119 Å². The summed E-state index contributed by atoms with van der Waals surface area (Å²) >= 11 is 0. The SMILES string of the molecule is Cc1cc(F)ccc1S(=O)(=O)N1C(C)CC2CNCC21. The number of rotatable bonds is 2. The van der Waals surface area contributed by atoms with E-state index in [2.05, 4.69) is 5.32 Å². The number of fused-ring (bicyclic) bond motifs is 1. The first-order chi connectivity index (χ1) is 9.41. The standard InChI is InChI=1S/C14H19FN2O2S/c1-9-5-12(15)3-4-14(9)20(18,19)17-10(2)6-11-7-16-8-13(11)17/h3-5,10-11,13,16H,6-8H2,1-2H3. The van der Waals surface area contributed by atoms with Gasteiger partial charge in [-0.05, 0) is 56.5 Å². The Bertz CT molecular complexity index is 632. The van der Waals surface area contributed by atoms with Gasteiger partial charge in [-0.15, -0.1) is 0 Å². The molecule has 0 aromatic heterocycles. The molecule has 0 bridgehead atoms. The van der Waals surface area contributed by atoms with Gasteiger partial charge >= 0.3 is 0 Å². The Kier molecular flexibility index (Phi) is 3.35. The molecule has 0 radical (unpaired) electrons. The first kappa shape index (κ1) is 14.0. The Balaban J connectivity index is 2.03. The number of aryl methyl sites for hydroxylation is 1. The monoisotopic (exact) mass is 298 g/mol. The lowest BCUT2D eigenvalue weighted by Gasteiger charge is -2.27. The third-order valence-corrected chi connectivity index (χ3v) is 6.60. The summed E-state index contributed by atoms with van der Waals surface area (Å²) in [5.74, 6) is -0.0168. The Hall–Kier alpha value is -0.980. The van der Waals surface area contributed by atoms with Gasteiger partial charge < -0.3 is 5.32 Å². The highest BCUT2D eigenvalue weighted by atomic mass is 32.2. The van der Waals surface area contributed by atoms with Gasteiger partial charge in [0.05, 0.1) is 4.90 Å². The lowest BCUT2D eigenvalue weighted by Crippen LogP contribution is -2.42. The molecule has 3 unspecified atom stereocenters. The zero-order valence-corrected chi connectivity index (χ0v) is 12.5. The summed E-state index contributed by atoms with van der Waals surface area (Å²) in [6.07, 6.45) is 0.886. The van der Waals surface area contributed by atoms with E-state index in [0.29, 0.717) is 18.0 Å². The maximum atomic E-state index is 13.2. The molecule has 20 heavy (non-hydrogen) atoms. The van der Waals surface area contributed by atoms with E-state index in [1.54, 1.807) is 11.2 Å². The molecule has 1 N–H and O–H groups in total. The number of benzene rings is 1. The van der Waals surface area contributed by atoms with Crippen LogP contribution in [0.25, 0.3) is 0 Å². The van der Waals surface area contributed by atoms with E-state index >= 15 is 0 Å². The Morgan fingerprint density at radius 2 is 2.10 bits per heavy atom. The number of hydrogen-bond acceptors (Lipinski definition) is 3. The van der Waals surface area contributed by atoms with Gasteiger partial charge in [0.1, 0.15) is 5.82 Å². The molecule has 0 aliphatic carbocycles. The average Bonchev–Trinajstić information content (AvgIpc) is 2.87. The second kappa shape index (κ2) is 4.79. The van der Waals surface area contributed by atoms with E-state index in [-0.39, 0.29) is 17.0 Å². The lowest BCUT2D eigenvalue weighted by atomic mass is 10.0. The zero-order chi connectivity index (χ0) is 14.5. The molecule has 0 spiro atoms. The first-order valence-electron chi connectivity index (χ1n) is 6.91. The molecule has 6 heteroatoms. The molecule has 3 rings (SSSR count). The van der Waals surface area contributed by atoms with E-state index in [9.17, 15) is 12.8 Å². The van der Waals surface area contributed by atoms with Gasteiger partial charge in [-0.3, -0.25) is 0 Å². The van der Waals surface area contributed by atoms with Crippen molar-refractivity contribution < 1.29 is 12.8 Å². The Morgan fingerprint density at radius 3 is 2.80 bits per heavy atom. The van der Waals surface area contributed by atoms with Crippen LogP contribution in [0.4, 0.5) is 4.39 Å². The molecule has 2 aliphatic rings. The molecule has 4 nitrogen and oxygen atoms in total. The number of nitrogens with one attached hydrogen (secondary N) is 1. The summed E-state index contributed by atoms with van der Waals surface area (Å²) in [7, 11) is -3.56. The molecule has 2 heterocycles. The van der Waals surface area contributed by atoms with Gasteiger partial charge in [0.15, 0.2) is 0 Å². The van der Waals surface area contributed by atoms with Crippen molar-refractivity contribution in [2.24, 2.45) is 5.92 Å². The van der Waals surface area contributed by atoms with Crippen molar-refractivity contribution in [3.05, 3.63) is 29.6 Å². The fourth-order valence-corrected chi connectivity index (χ4v) is 5.65. The predicted octanol–water partition coefficient (Wildman–Crippen LogP) is 1.51. The molecule has 1 aromatic carbocycles. The minimum atomic E-state index is -3.56. The number of nitrogens with zero attached hydrogens (tertiary/aromatic N) is 1. The van der Waals surface area contributed by atoms with Crippen LogP contribution in [0.3, 0.4) is 0 Å². The molecule has 3 atom stereocenters. The minimum absolute atomic E-state index is 0.00144. The highest BCUT2D eigenvalue weighted by molar-refractivity contribution is 7.89. The molecule has 2 aliphatic heterocycles. The summed E-state index contributed by atoms with van der Waals surface area (Å²) in [6, 6.07) is 3.90. The maximum absolute atomic E-state index is 13.2.